The summed E-state index contributed by atoms with van der Waals surface area (Å²) >= 11 is 0. The quantitative estimate of drug-likeness (QED) is 0.245. The molecule has 0 aromatic heterocycles. The summed E-state index contributed by atoms with van der Waals surface area (Å²) in [5, 5.41) is 0. The van der Waals surface area contributed by atoms with E-state index in [1.165, 1.54) is 25.7 Å². The molecule has 0 bridgehead atoms. The summed E-state index contributed by atoms with van der Waals surface area (Å²) in [6, 6.07) is 7.57. The van der Waals surface area contributed by atoms with E-state index < -0.39 is 0 Å². The first-order valence-electron chi connectivity index (χ1n) is 10.1. The molecule has 0 fully saturated rings. The molecule has 0 heterocycles. The minimum atomic E-state index is -0.251. The van der Waals surface area contributed by atoms with Crippen LogP contribution in [0.2, 0.25) is 0 Å². The zero-order valence-corrected chi connectivity index (χ0v) is 16.4. The molecule has 1 rings (SSSR count). The number of carbonyl (C=O) groups excluding carboxylic acids is 2. The standard InChI is InChI=1S/C22H34O4/c1-3-5-6-7-8-11-17-25-21(23)15-9-10-16-22(24)26-20-14-12-13-19(4-2)18-20/h12-14,18H,3-11,15-17H2,1-2H3. The van der Waals surface area contributed by atoms with E-state index in [4.69, 9.17) is 9.47 Å². The molecule has 26 heavy (non-hydrogen) atoms. The molecule has 146 valence electrons. The summed E-state index contributed by atoms with van der Waals surface area (Å²) in [6.45, 7) is 4.78. The topological polar surface area (TPSA) is 52.6 Å². The van der Waals surface area contributed by atoms with Crippen LogP contribution >= 0.6 is 0 Å². The lowest BCUT2D eigenvalue weighted by Gasteiger charge is -2.06. The van der Waals surface area contributed by atoms with Crippen LogP contribution in [0.3, 0.4) is 0 Å². The number of esters is 2. The molecule has 0 radical (unpaired) electrons. The molecule has 0 spiro atoms. The molecule has 0 saturated carbocycles. The highest BCUT2D eigenvalue weighted by Crippen LogP contribution is 2.15. The largest absolute Gasteiger partial charge is 0.466 e. The highest BCUT2D eigenvalue weighted by molar-refractivity contribution is 5.72. The van der Waals surface area contributed by atoms with Crippen molar-refractivity contribution in [2.75, 3.05) is 6.61 Å². The predicted molar refractivity (Wildman–Crippen MR) is 104 cm³/mol. The Kier molecular flexibility index (Phi) is 12.2. The smallest absolute Gasteiger partial charge is 0.311 e. The highest BCUT2D eigenvalue weighted by Gasteiger charge is 2.07. The molecular weight excluding hydrogens is 328 g/mol. The van der Waals surface area contributed by atoms with Gasteiger partial charge in [-0.1, -0.05) is 58.1 Å². The maximum atomic E-state index is 11.8. The van der Waals surface area contributed by atoms with E-state index in [9.17, 15) is 9.59 Å². The van der Waals surface area contributed by atoms with Crippen LogP contribution in [0.15, 0.2) is 24.3 Å². The van der Waals surface area contributed by atoms with E-state index in [-0.39, 0.29) is 11.9 Å². The van der Waals surface area contributed by atoms with Crippen molar-refractivity contribution in [2.45, 2.75) is 84.5 Å². The fourth-order valence-corrected chi connectivity index (χ4v) is 2.69. The number of hydrogen-bond acceptors (Lipinski definition) is 4. The summed E-state index contributed by atoms with van der Waals surface area (Å²) < 4.78 is 10.6. The predicted octanol–water partition coefficient (Wildman–Crippen LogP) is 5.62. The number of carbonyl (C=O) groups is 2. The van der Waals surface area contributed by atoms with Crippen LogP contribution in [0, 0.1) is 0 Å². The van der Waals surface area contributed by atoms with Crippen molar-refractivity contribution in [1.82, 2.24) is 0 Å². The van der Waals surface area contributed by atoms with Gasteiger partial charge in [0.15, 0.2) is 0 Å². The van der Waals surface area contributed by atoms with Gasteiger partial charge in [-0.15, -0.1) is 0 Å². The van der Waals surface area contributed by atoms with Crippen LogP contribution in [-0.2, 0) is 20.7 Å². The second-order valence-corrected chi connectivity index (χ2v) is 6.67. The van der Waals surface area contributed by atoms with Crippen molar-refractivity contribution in [3.05, 3.63) is 29.8 Å². The number of benzene rings is 1. The van der Waals surface area contributed by atoms with E-state index in [0.29, 0.717) is 38.0 Å². The van der Waals surface area contributed by atoms with Gasteiger partial charge in [0, 0.05) is 12.8 Å². The van der Waals surface area contributed by atoms with Crippen LogP contribution in [0.25, 0.3) is 0 Å². The lowest BCUT2D eigenvalue weighted by molar-refractivity contribution is -0.144. The van der Waals surface area contributed by atoms with E-state index in [1.54, 1.807) is 6.07 Å². The third kappa shape index (κ3) is 10.9. The number of unbranched alkanes of at least 4 members (excludes halogenated alkanes) is 6. The van der Waals surface area contributed by atoms with Gasteiger partial charge in [0.2, 0.25) is 0 Å². The van der Waals surface area contributed by atoms with Crippen molar-refractivity contribution in [1.29, 1.82) is 0 Å². The van der Waals surface area contributed by atoms with Gasteiger partial charge in [-0.2, -0.15) is 0 Å². The molecule has 0 N–H and O–H groups in total. The third-order valence-electron chi connectivity index (χ3n) is 4.31. The van der Waals surface area contributed by atoms with Crippen molar-refractivity contribution in [3.8, 4) is 5.75 Å². The third-order valence-corrected chi connectivity index (χ3v) is 4.31. The average Bonchev–Trinajstić information content (AvgIpc) is 2.64. The lowest BCUT2D eigenvalue weighted by Crippen LogP contribution is -2.09. The first kappa shape index (κ1) is 22.2. The Morgan fingerprint density at radius 1 is 0.846 bits per heavy atom. The van der Waals surface area contributed by atoms with Gasteiger partial charge >= 0.3 is 11.9 Å². The molecule has 0 atom stereocenters. The minimum absolute atomic E-state index is 0.164. The molecule has 0 aliphatic rings. The van der Waals surface area contributed by atoms with Gasteiger partial charge in [-0.05, 0) is 43.4 Å². The maximum absolute atomic E-state index is 11.8. The van der Waals surface area contributed by atoms with Crippen LogP contribution < -0.4 is 4.74 Å². The Bertz CT molecular complexity index is 525. The average molecular weight is 363 g/mol. The number of hydrogen-bond donors (Lipinski definition) is 0. The monoisotopic (exact) mass is 362 g/mol. The first-order valence-corrected chi connectivity index (χ1v) is 10.1. The van der Waals surface area contributed by atoms with Gasteiger partial charge in [0.05, 0.1) is 6.61 Å². The van der Waals surface area contributed by atoms with Crippen LogP contribution in [0.5, 0.6) is 5.75 Å². The van der Waals surface area contributed by atoms with Gasteiger partial charge in [0.25, 0.3) is 0 Å². The minimum Gasteiger partial charge on any atom is -0.466 e. The fourth-order valence-electron chi connectivity index (χ4n) is 2.69. The van der Waals surface area contributed by atoms with Gasteiger partial charge in [-0.3, -0.25) is 9.59 Å². The second kappa shape index (κ2) is 14.3. The Morgan fingerprint density at radius 3 is 2.27 bits per heavy atom. The summed E-state index contributed by atoms with van der Waals surface area (Å²) in [7, 11) is 0. The van der Waals surface area contributed by atoms with Crippen LogP contribution in [0.4, 0.5) is 0 Å². The molecule has 1 aromatic carbocycles. The van der Waals surface area contributed by atoms with E-state index in [0.717, 1.165) is 24.8 Å². The summed E-state index contributed by atoms with van der Waals surface area (Å²) in [4.78, 5) is 23.5. The number of ether oxygens (including phenoxy) is 2. The Balaban J connectivity index is 2.03. The molecule has 0 amide bonds. The van der Waals surface area contributed by atoms with Gasteiger partial charge < -0.3 is 9.47 Å². The van der Waals surface area contributed by atoms with E-state index >= 15 is 0 Å². The molecule has 1 aromatic rings. The van der Waals surface area contributed by atoms with E-state index in [2.05, 4.69) is 13.8 Å². The summed E-state index contributed by atoms with van der Waals surface area (Å²) in [6.07, 6.45) is 9.97. The second-order valence-electron chi connectivity index (χ2n) is 6.67. The maximum Gasteiger partial charge on any atom is 0.311 e. The molecule has 0 aliphatic carbocycles. The van der Waals surface area contributed by atoms with Crippen LogP contribution in [0.1, 0.15) is 83.6 Å². The van der Waals surface area contributed by atoms with Gasteiger partial charge in [0.1, 0.15) is 5.75 Å². The number of rotatable bonds is 14. The molecular formula is C22H34O4. The SMILES string of the molecule is CCCCCCCCOC(=O)CCCCC(=O)Oc1cccc(CC)c1. The molecule has 0 unspecified atom stereocenters. The van der Waals surface area contributed by atoms with Crippen molar-refractivity contribution in [3.63, 3.8) is 0 Å². The molecule has 4 heteroatoms. The first-order chi connectivity index (χ1) is 12.7. The summed E-state index contributed by atoms with van der Waals surface area (Å²) in [5.74, 6) is 0.175. The van der Waals surface area contributed by atoms with Crippen molar-refractivity contribution in [2.24, 2.45) is 0 Å². The fraction of sp³-hybridized carbons (Fsp3) is 0.636. The zero-order chi connectivity index (χ0) is 19.0. The lowest BCUT2D eigenvalue weighted by atomic mass is 10.1. The Labute approximate surface area is 158 Å². The Hall–Kier alpha value is -1.84. The molecule has 0 saturated heterocycles. The molecule has 4 nitrogen and oxygen atoms in total. The van der Waals surface area contributed by atoms with Crippen molar-refractivity contribution >= 4 is 11.9 Å². The van der Waals surface area contributed by atoms with Gasteiger partial charge in [-0.25, -0.2) is 0 Å². The van der Waals surface area contributed by atoms with Crippen molar-refractivity contribution < 1.29 is 19.1 Å². The van der Waals surface area contributed by atoms with Crippen LogP contribution in [-0.4, -0.2) is 18.5 Å². The molecule has 0 aliphatic heterocycles. The summed E-state index contributed by atoms with van der Waals surface area (Å²) in [5.41, 5.74) is 1.14. The highest BCUT2D eigenvalue weighted by atomic mass is 16.5. The number of aryl methyl sites for hydroxylation is 1. The van der Waals surface area contributed by atoms with E-state index in [1.807, 2.05) is 18.2 Å². The normalized spacial score (nSPS) is 10.5. The zero-order valence-electron chi connectivity index (χ0n) is 16.4. The Morgan fingerprint density at radius 2 is 1.54 bits per heavy atom.